The number of piperidine rings is 1. The molecule has 2 fully saturated rings. The lowest BCUT2D eigenvalue weighted by Crippen LogP contribution is -2.62. The van der Waals surface area contributed by atoms with Crippen molar-refractivity contribution in [3.63, 3.8) is 0 Å². The minimum Gasteiger partial charge on any atom is -0.448 e. The molecule has 2 aliphatic heterocycles. The molecule has 3 aliphatic rings. The summed E-state index contributed by atoms with van der Waals surface area (Å²) in [7, 11) is 0. The molecule has 2 heterocycles. The average Bonchev–Trinajstić information content (AvgIpc) is 3.17. The number of nitrogens with zero attached hydrogens (tertiary/aromatic N) is 1. The van der Waals surface area contributed by atoms with E-state index < -0.39 is 5.60 Å². The average molecular weight is 474 g/mol. The maximum Gasteiger partial charge on any atom is 0.410 e. The Morgan fingerprint density at radius 3 is 2.26 bits per heavy atom. The Labute approximate surface area is 204 Å². The lowest BCUT2D eigenvalue weighted by atomic mass is 9.75. The Hall–Kier alpha value is -3.22. The molecule has 2 bridgehead atoms. The van der Waals surface area contributed by atoms with Gasteiger partial charge >= 0.3 is 6.09 Å². The molecule has 35 heavy (non-hydrogen) atoms. The number of aliphatic hydroxyl groups is 1. The van der Waals surface area contributed by atoms with Crippen molar-refractivity contribution in [1.82, 2.24) is 4.90 Å². The Bertz CT molecular complexity index is 1230. The molecule has 2 atom stereocenters. The fourth-order valence-corrected chi connectivity index (χ4v) is 6.26. The number of carbonyl (C=O) groups is 1. The smallest absolute Gasteiger partial charge is 0.410 e. The van der Waals surface area contributed by atoms with Gasteiger partial charge in [0.25, 0.3) is 0 Å². The second kappa shape index (κ2) is 8.47. The molecule has 3 aromatic carbocycles. The Balaban J connectivity index is 1.22. The molecule has 0 aromatic heterocycles. The summed E-state index contributed by atoms with van der Waals surface area (Å²) < 4.78 is 25.7. The van der Waals surface area contributed by atoms with Crippen molar-refractivity contribution in [3.8, 4) is 11.1 Å². The fourth-order valence-electron chi connectivity index (χ4n) is 6.26. The van der Waals surface area contributed by atoms with E-state index in [-0.39, 0.29) is 49.4 Å². The van der Waals surface area contributed by atoms with Crippen LogP contribution in [0.5, 0.6) is 0 Å². The molecule has 3 aromatic rings. The van der Waals surface area contributed by atoms with Crippen LogP contribution in [0.15, 0.2) is 66.7 Å². The van der Waals surface area contributed by atoms with Crippen LogP contribution in [0.4, 0.5) is 9.18 Å². The molecule has 0 saturated carbocycles. The van der Waals surface area contributed by atoms with Crippen molar-refractivity contribution >= 4 is 6.09 Å². The number of aryl methyl sites for hydroxylation is 1. The molecule has 2 unspecified atom stereocenters. The summed E-state index contributed by atoms with van der Waals surface area (Å²) in [5, 5.41) is 11.6. The molecule has 180 valence electrons. The maximum atomic E-state index is 14.0. The van der Waals surface area contributed by atoms with Gasteiger partial charge in [0.15, 0.2) is 0 Å². The number of hydrogen-bond donors (Lipinski definition) is 1. The second-order valence-electron chi connectivity index (χ2n) is 9.96. The van der Waals surface area contributed by atoms with Gasteiger partial charge in [0.05, 0.1) is 30.9 Å². The van der Waals surface area contributed by atoms with Gasteiger partial charge in [-0.1, -0.05) is 54.6 Å². The van der Waals surface area contributed by atoms with E-state index in [2.05, 4.69) is 24.3 Å². The lowest BCUT2D eigenvalue weighted by molar-refractivity contribution is -0.136. The number of ether oxygens (including phenoxy) is 2. The third kappa shape index (κ3) is 3.72. The first-order chi connectivity index (χ1) is 16.9. The first-order valence-electron chi connectivity index (χ1n) is 12.1. The van der Waals surface area contributed by atoms with E-state index in [1.54, 1.807) is 11.0 Å². The van der Waals surface area contributed by atoms with E-state index in [1.165, 1.54) is 34.4 Å². The maximum absolute atomic E-state index is 14.0. The van der Waals surface area contributed by atoms with Crippen LogP contribution in [0.25, 0.3) is 11.1 Å². The highest BCUT2D eigenvalue weighted by molar-refractivity contribution is 5.79. The molecular weight excluding hydrogens is 445 g/mol. The minimum absolute atomic E-state index is 0.0147. The molecule has 0 radical (unpaired) electrons. The zero-order valence-corrected chi connectivity index (χ0v) is 19.6. The minimum atomic E-state index is -1.22. The summed E-state index contributed by atoms with van der Waals surface area (Å²) in [6.45, 7) is 2.75. The van der Waals surface area contributed by atoms with Crippen molar-refractivity contribution in [3.05, 3.63) is 94.8 Å². The summed E-state index contributed by atoms with van der Waals surface area (Å²) in [6.07, 6.45) is 0.166. The predicted octanol–water partition coefficient (Wildman–Crippen LogP) is 5.13. The third-order valence-electron chi connectivity index (χ3n) is 7.80. The topological polar surface area (TPSA) is 59.0 Å². The fraction of sp³-hybridized carbons (Fsp3) is 0.345. The summed E-state index contributed by atoms with van der Waals surface area (Å²) in [4.78, 5) is 15.1. The van der Waals surface area contributed by atoms with E-state index in [4.69, 9.17) is 9.47 Å². The number of fused-ring (bicyclic) bond motifs is 5. The number of amides is 1. The highest BCUT2D eigenvalue weighted by Gasteiger charge is 2.50. The molecule has 1 amide bonds. The van der Waals surface area contributed by atoms with Gasteiger partial charge in [-0.15, -0.1) is 0 Å². The van der Waals surface area contributed by atoms with Crippen LogP contribution in [0.1, 0.15) is 41.0 Å². The van der Waals surface area contributed by atoms with Crippen LogP contribution in [0.3, 0.4) is 0 Å². The number of halogens is 1. The van der Waals surface area contributed by atoms with Crippen LogP contribution in [-0.2, 0) is 15.1 Å². The van der Waals surface area contributed by atoms with E-state index in [9.17, 15) is 14.3 Å². The molecule has 5 nitrogen and oxygen atoms in total. The van der Waals surface area contributed by atoms with Crippen LogP contribution in [-0.4, -0.2) is 48.0 Å². The zero-order chi connectivity index (χ0) is 24.2. The van der Waals surface area contributed by atoms with E-state index in [1.807, 2.05) is 31.2 Å². The quantitative estimate of drug-likeness (QED) is 0.573. The van der Waals surface area contributed by atoms with Gasteiger partial charge in [-0.25, -0.2) is 9.18 Å². The third-order valence-corrected chi connectivity index (χ3v) is 7.80. The van der Waals surface area contributed by atoms with Crippen LogP contribution in [0.2, 0.25) is 0 Å². The first-order valence-corrected chi connectivity index (χ1v) is 12.1. The number of morpholine rings is 1. The normalized spacial score (nSPS) is 25.2. The molecular formula is C29H28FNO4. The van der Waals surface area contributed by atoms with Gasteiger partial charge < -0.3 is 14.6 Å². The number of benzene rings is 3. The van der Waals surface area contributed by atoms with E-state index >= 15 is 0 Å². The van der Waals surface area contributed by atoms with Crippen LogP contribution >= 0.6 is 0 Å². The van der Waals surface area contributed by atoms with E-state index in [0.717, 1.165) is 5.56 Å². The van der Waals surface area contributed by atoms with Crippen LogP contribution in [0, 0.1) is 12.7 Å². The second-order valence-corrected chi connectivity index (χ2v) is 9.96. The first kappa shape index (κ1) is 22.3. The zero-order valence-electron chi connectivity index (χ0n) is 19.6. The van der Waals surface area contributed by atoms with Crippen LogP contribution < -0.4 is 0 Å². The van der Waals surface area contributed by atoms with Crippen molar-refractivity contribution in [1.29, 1.82) is 0 Å². The van der Waals surface area contributed by atoms with Crippen molar-refractivity contribution < 1.29 is 23.8 Å². The van der Waals surface area contributed by atoms with Gasteiger partial charge in [0, 0.05) is 18.8 Å². The number of hydrogen-bond acceptors (Lipinski definition) is 4. The summed E-state index contributed by atoms with van der Waals surface area (Å²) >= 11 is 0. The molecule has 1 N–H and O–H groups in total. The van der Waals surface area contributed by atoms with Gasteiger partial charge in [-0.3, -0.25) is 4.90 Å². The summed E-state index contributed by atoms with van der Waals surface area (Å²) in [5.41, 5.74) is 4.90. The van der Waals surface area contributed by atoms with Crippen molar-refractivity contribution in [2.45, 2.75) is 43.4 Å². The summed E-state index contributed by atoms with van der Waals surface area (Å²) in [6, 6.07) is 20.3. The monoisotopic (exact) mass is 473 g/mol. The standard InChI is InChI=1S/C29H28FNO4/c1-18-10-11-19(30)12-27(18)29(33)13-20-15-34-16-21(14-29)31(20)28(32)35-17-26-24-8-4-2-6-22(24)23-7-3-5-9-25(23)26/h2-12,20-21,26,33H,13-17H2,1H3. The highest BCUT2D eigenvalue weighted by Crippen LogP contribution is 2.45. The SMILES string of the molecule is Cc1ccc(F)cc1C1(O)CC2COCC(C1)N2C(=O)OCC1c2ccccc2-c2ccccc21. The number of rotatable bonds is 3. The van der Waals surface area contributed by atoms with Gasteiger partial charge in [-0.2, -0.15) is 0 Å². The van der Waals surface area contributed by atoms with Crippen molar-refractivity contribution in [2.24, 2.45) is 0 Å². The van der Waals surface area contributed by atoms with E-state index in [0.29, 0.717) is 18.8 Å². The molecule has 2 saturated heterocycles. The largest absolute Gasteiger partial charge is 0.448 e. The number of carbonyl (C=O) groups excluding carboxylic acids is 1. The summed E-state index contributed by atoms with van der Waals surface area (Å²) in [5.74, 6) is -0.390. The Morgan fingerprint density at radius 2 is 1.63 bits per heavy atom. The van der Waals surface area contributed by atoms with Gasteiger partial charge in [-0.05, 0) is 52.4 Å². The lowest BCUT2D eigenvalue weighted by Gasteiger charge is -2.51. The Kier molecular flexibility index (Phi) is 5.38. The molecule has 6 heteroatoms. The van der Waals surface area contributed by atoms with Gasteiger partial charge in [0.1, 0.15) is 12.4 Å². The Morgan fingerprint density at radius 1 is 1.03 bits per heavy atom. The molecule has 0 spiro atoms. The molecule has 1 aliphatic carbocycles. The molecule has 6 rings (SSSR count). The van der Waals surface area contributed by atoms with Crippen molar-refractivity contribution in [2.75, 3.05) is 19.8 Å². The van der Waals surface area contributed by atoms with Gasteiger partial charge in [0.2, 0.25) is 0 Å². The highest BCUT2D eigenvalue weighted by atomic mass is 19.1. The predicted molar refractivity (Wildman–Crippen MR) is 130 cm³/mol.